The van der Waals surface area contributed by atoms with E-state index in [-0.39, 0.29) is 18.4 Å². The number of unbranched alkanes of at least 4 members (excludes halogenated alkanes) is 1. The van der Waals surface area contributed by atoms with Crippen molar-refractivity contribution in [3.05, 3.63) is 0 Å². The van der Waals surface area contributed by atoms with Crippen LogP contribution >= 0.6 is 11.6 Å². The summed E-state index contributed by atoms with van der Waals surface area (Å²) in [7, 11) is 2.96. The summed E-state index contributed by atoms with van der Waals surface area (Å²) in [5, 5.41) is 0. The molecule has 2 atom stereocenters. The summed E-state index contributed by atoms with van der Waals surface area (Å²) >= 11 is 5.45. The third-order valence-corrected chi connectivity index (χ3v) is 3.70. The summed E-state index contributed by atoms with van der Waals surface area (Å²) in [6, 6.07) is -1.50. The SMILES string of the molecule is CCCCOC(=O)C(C)N(C)C(=O)C(C)N(C)C(=O)OCCCl. The van der Waals surface area contributed by atoms with E-state index in [9.17, 15) is 14.4 Å². The van der Waals surface area contributed by atoms with Gasteiger partial charge in [0.2, 0.25) is 5.91 Å². The molecule has 0 aliphatic carbocycles. The van der Waals surface area contributed by atoms with Gasteiger partial charge in [0.15, 0.2) is 0 Å². The summed E-state index contributed by atoms with van der Waals surface area (Å²) < 4.78 is 9.97. The predicted octanol–water partition coefficient (Wildman–Crippen LogP) is 1.87. The lowest BCUT2D eigenvalue weighted by Gasteiger charge is -2.30. The van der Waals surface area contributed by atoms with Crippen LogP contribution in [0.5, 0.6) is 0 Å². The monoisotopic (exact) mass is 350 g/mol. The highest BCUT2D eigenvalue weighted by Crippen LogP contribution is 2.08. The third-order valence-electron chi connectivity index (χ3n) is 3.54. The van der Waals surface area contributed by atoms with Crippen LogP contribution in [0.4, 0.5) is 4.79 Å². The average Bonchev–Trinajstić information content (AvgIpc) is 2.56. The molecule has 0 spiro atoms. The minimum Gasteiger partial charge on any atom is -0.464 e. The lowest BCUT2D eigenvalue weighted by Crippen LogP contribution is -2.51. The summed E-state index contributed by atoms with van der Waals surface area (Å²) in [5.74, 6) is -0.660. The summed E-state index contributed by atoms with van der Waals surface area (Å²) in [6.45, 7) is 5.55. The van der Waals surface area contributed by atoms with E-state index in [0.29, 0.717) is 6.61 Å². The van der Waals surface area contributed by atoms with Gasteiger partial charge in [-0.25, -0.2) is 9.59 Å². The second kappa shape index (κ2) is 11.1. The van der Waals surface area contributed by atoms with Crippen molar-refractivity contribution in [2.24, 2.45) is 0 Å². The molecule has 134 valence electrons. The molecule has 0 aromatic carbocycles. The molecule has 0 aliphatic heterocycles. The van der Waals surface area contributed by atoms with Crippen molar-refractivity contribution in [3.63, 3.8) is 0 Å². The largest absolute Gasteiger partial charge is 0.464 e. The zero-order valence-corrected chi connectivity index (χ0v) is 15.3. The fraction of sp³-hybridized carbons (Fsp3) is 0.800. The molecule has 2 amide bonds. The number of halogens is 1. The molecule has 0 saturated carbocycles. The number of hydrogen-bond donors (Lipinski definition) is 0. The number of esters is 1. The lowest BCUT2D eigenvalue weighted by atomic mass is 10.2. The highest BCUT2D eigenvalue weighted by molar-refractivity contribution is 6.18. The molecule has 0 aliphatic rings. The fourth-order valence-corrected chi connectivity index (χ4v) is 1.71. The topological polar surface area (TPSA) is 76.2 Å². The van der Waals surface area contributed by atoms with Gasteiger partial charge in [-0.1, -0.05) is 13.3 Å². The maximum Gasteiger partial charge on any atom is 0.410 e. The van der Waals surface area contributed by atoms with E-state index in [1.54, 1.807) is 13.8 Å². The summed E-state index contributed by atoms with van der Waals surface area (Å²) in [6.07, 6.45) is 1.06. The van der Waals surface area contributed by atoms with E-state index in [2.05, 4.69) is 0 Å². The molecular formula is C15H27ClN2O5. The number of hydrogen-bond acceptors (Lipinski definition) is 5. The Labute approximate surface area is 142 Å². The van der Waals surface area contributed by atoms with Crippen molar-refractivity contribution in [3.8, 4) is 0 Å². The van der Waals surface area contributed by atoms with E-state index >= 15 is 0 Å². The number of ether oxygens (including phenoxy) is 2. The minimum atomic E-state index is -0.770. The standard InChI is InChI=1S/C15H27ClN2O5/c1-6-7-9-22-14(20)12(3)17(4)13(19)11(2)18(5)15(21)23-10-8-16/h11-12H,6-10H2,1-5H3. The van der Waals surface area contributed by atoms with E-state index in [1.165, 1.54) is 23.9 Å². The Balaban J connectivity index is 4.60. The number of amides is 2. The minimum absolute atomic E-state index is 0.0711. The Hall–Kier alpha value is -1.50. The van der Waals surface area contributed by atoms with Crippen molar-refractivity contribution in [1.29, 1.82) is 0 Å². The number of likely N-dealkylation sites (N-methyl/N-ethyl adjacent to an activating group) is 2. The van der Waals surface area contributed by atoms with E-state index < -0.39 is 24.1 Å². The number of alkyl halides is 1. The number of nitrogens with zero attached hydrogens (tertiary/aromatic N) is 2. The number of carbonyl (C=O) groups excluding carboxylic acids is 3. The quantitative estimate of drug-likeness (QED) is 0.360. The summed E-state index contributed by atoms with van der Waals surface area (Å²) in [4.78, 5) is 38.4. The van der Waals surface area contributed by atoms with Crippen LogP contribution in [0.15, 0.2) is 0 Å². The molecule has 0 rings (SSSR count). The highest BCUT2D eigenvalue weighted by atomic mass is 35.5. The van der Waals surface area contributed by atoms with Gasteiger partial charge in [-0.05, 0) is 20.3 Å². The van der Waals surface area contributed by atoms with E-state index in [1.807, 2.05) is 6.92 Å². The van der Waals surface area contributed by atoms with E-state index in [4.69, 9.17) is 21.1 Å². The molecule has 0 bridgehead atoms. The molecule has 0 heterocycles. The van der Waals surface area contributed by atoms with Gasteiger partial charge >= 0.3 is 12.1 Å². The van der Waals surface area contributed by atoms with Crippen LogP contribution in [-0.4, -0.2) is 73.0 Å². The molecular weight excluding hydrogens is 324 g/mol. The second-order valence-electron chi connectivity index (χ2n) is 5.24. The van der Waals surface area contributed by atoms with Crippen LogP contribution in [0.2, 0.25) is 0 Å². The van der Waals surface area contributed by atoms with Gasteiger partial charge < -0.3 is 14.4 Å². The zero-order chi connectivity index (χ0) is 18.0. The van der Waals surface area contributed by atoms with Crippen molar-refractivity contribution < 1.29 is 23.9 Å². The van der Waals surface area contributed by atoms with Gasteiger partial charge in [-0.3, -0.25) is 9.69 Å². The van der Waals surface area contributed by atoms with Gasteiger partial charge in [-0.2, -0.15) is 0 Å². The van der Waals surface area contributed by atoms with Crippen molar-refractivity contribution >= 4 is 29.6 Å². The molecule has 0 saturated heterocycles. The van der Waals surface area contributed by atoms with Crippen LogP contribution < -0.4 is 0 Å². The Bertz CT molecular complexity index is 405. The highest BCUT2D eigenvalue weighted by Gasteiger charge is 2.31. The molecule has 0 fully saturated rings. The second-order valence-corrected chi connectivity index (χ2v) is 5.61. The summed E-state index contributed by atoms with van der Waals surface area (Å²) in [5.41, 5.74) is 0. The Morgan fingerprint density at radius 3 is 2.13 bits per heavy atom. The fourth-order valence-electron chi connectivity index (χ4n) is 1.63. The lowest BCUT2D eigenvalue weighted by molar-refractivity contribution is -0.154. The molecule has 0 aromatic heterocycles. The van der Waals surface area contributed by atoms with Crippen molar-refractivity contribution in [2.45, 2.75) is 45.7 Å². The third kappa shape index (κ3) is 7.07. The average molecular weight is 351 g/mol. The van der Waals surface area contributed by atoms with Crippen LogP contribution in [0.3, 0.4) is 0 Å². The van der Waals surface area contributed by atoms with Crippen LogP contribution in [0.1, 0.15) is 33.6 Å². The molecule has 0 aromatic rings. The smallest absolute Gasteiger partial charge is 0.410 e. The zero-order valence-electron chi connectivity index (χ0n) is 14.5. The van der Waals surface area contributed by atoms with Crippen molar-refractivity contribution in [2.75, 3.05) is 33.2 Å². The van der Waals surface area contributed by atoms with Gasteiger partial charge in [0, 0.05) is 14.1 Å². The molecule has 23 heavy (non-hydrogen) atoms. The number of carbonyl (C=O) groups is 3. The molecule has 0 radical (unpaired) electrons. The maximum absolute atomic E-state index is 12.4. The first-order valence-electron chi connectivity index (χ1n) is 7.66. The van der Waals surface area contributed by atoms with Crippen molar-refractivity contribution in [1.82, 2.24) is 9.80 Å². The first-order valence-corrected chi connectivity index (χ1v) is 8.20. The van der Waals surface area contributed by atoms with Crippen LogP contribution in [-0.2, 0) is 19.1 Å². The molecule has 0 N–H and O–H groups in total. The van der Waals surface area contributed by atoms with Crippen LogP contribution in [0, 0.1) is 0 Å². The molecule has 2 unspecified atom stereocenters. The molecule has 7 nitrogen and oxygen atoms in total. The number of rotatable bonds is 9. The van der Waals surface area contributed by atoms with Gasteiger partial charge in [0.05, 0.1) is 12.5 Å². The molecule has 8 heteroatoms. The first kappa shape index (κ1) is 21.5. The Kier molecular flexibility index (Phi) is 10.4. The van der Waals surface area contributed by atoms with Crippen LogP contribution in [0.25, 0.3) is 0 Å². The Morgan fingerprint density at radius 2 is 1.61 bits per heavy atom. The maximum atomic E-state index is 12.4. The van der Waals surface area contributed by atoms with Gasteiger partial charge in [-0.15, -0.1) is 11.6 Å². The first-order chi connectivity index (χ1) is 10.8. The predicted molar refractivity (Wildman–Crippen MR) is 87.4 cm³/mol. The van der Waals surface area contributed by atoms with Gasteiger partial charge in [0.25, 0.3) is 0 Å². The normalized spacial score (nSPS) is 13.0. The van der Waals surface area contributed by atoms with Gasteiger partial charge in [0.1, 0.15) is 18.7 Å². The Morgan fingerprint density at radius 1 is 1.00 bits per heavy atom. The van der Waals surface area contributed by atoms with E-state index in [0.717, 1.165) is 12.8 Å².